The van der Waals surface area contributed by atoms with Crippen molar-refractivity contribution in [1.82, 2.24) is 4.98 Å². The summed E-state index contributed by atoms with van der Waals surface area (Å²) in [6.07, 6.45) is 0. The van der Waals surface area contributed by atoms with Gasteiger partial charge in [0.15, 0.2) is 0 Å². The van der Waals surface area contributed by atoms with Crippen molar-refractivity contribution in [1.29, 1.82) is 0 Å². The molecule has 0 unspecified atom stereocenters. The Bertz CT molecular complexity index is 628. The largest absolute Gasteiger partial charge is 0.494 e. The number of pyridine rings is 1. The van der Waals surface area contributed by atoms with Crippen molar-refractivity contribution >= 4 is 40.1 Å². The monoisotopic (exact) mass is 285 g/mol. The second-order valence-electron chi connectivity index (χ2n) is 3.44. The number of carbonyl (C=O) groups is 1. The van der Waals surface area contributed by atoms with Gasteiger partial charge in [-0.05, 0) is 6.07 Å². The molecule has 0 spiro atoms. The molecule has 18 heavy (non-hydrogen) atoms. The highest BCUT2D eigenvalue weighted by atomic mass is 35.5. The van der Waals surface area contributed by atoms with E-state index >= 15 is 0 Å². The zero-order valence-electron chi connectivity index (χ0n) is 9.66. The lowest BCUT2D eigenvalue weighted by molar-refractivity contribution is 0.0601. The molecule has 0 atom stereocenters. The van der Waals surface area contributed by atoms with E-state index in [9.17, 15) is 4.79 Å². The SMILES string of the molecule is COC(=O)c1c(Cl)nc2c(OC)cccc2c1Cl. The van der Waals surface area contributed by atoms with E-state index in [1.54, 1.807) is 18.2 Å². The van der Waals surface area contributed by atoms with Crippen LogP contribution < -0.4 is 4.74 Å². The second-order valence-corrected chi connectivity index (χ2v) is 4.18. The number of methoxy groups -OCH3 is 2. The number of hydrogen-bond donors (Lipinski definition) is 0. The van der Waals surface area contributed by atoms with Gasteiger partial charge in [-0.3, -0.25) is 0 Å². The highest BCUT2D eigenvalue weighted by molar-refractivity contribution is 6.42. The predicted molar refractivity (Wildman–Crippen MR) is 69.7 cm³/mol. The molecule has 2 rings (SSSR count). The van der Waals surface area contributed by atoms with Gasteiger partial charge in [0, 0.05) is 5.39 Å². The van der Waals surface area contributed by atoms with Crippen LogP contribution in [0.4, 0.5) is 0 Å². The Kier molecular flexibility index (Phi) is 3.59. The Morgan fingerprint density at radius 2 is 2.00 bits per heavy atom. The third-order valence-electron chi connectivity index (χ3n) is 2.48. The van der Waals surface area contributed by atoms with Gasteiger partial charge in [-0.1, -0.05) is 35.3 Å². The summed E-state index contributed by atoms with van der Waals surface area (Å²) in [4.78, 5) is 15.7. The maximum absolute atomic E-state index is 11.6. The summed E-state index contributed by atoms with van der Waals surface area (Å²) < 4.78 is 9.79. The van der Waals surface area contributed by atoms with Crippen molar-refractivity contribution in [2.75, 3.05) is 14.2 Å². The molecule has 0 saturated carbocycles. The van der Waals surface area contributed by atoms with E-state index in [4.69, 9.17) is 27.9 Å². The van der Waals surface area contributed by atoms with Gasteiger partial charge < -0.3 is 9.47 Å². The van der Waals surface area contributed by atoms with Crippen LogP contribution in [0.15, 0.2) is 18.2 Å². The number of carbonyl (C=O) groups excluding carboxylic acids is 1. The summed E-state index contributed by atoms with van der Waals surface area (Å²) in [6, 6.07) is 5.22. The van der Waals surface area contributed by atoms with Crippen LogP contribution in [0.1, 0.15) is 10.4 Å². The first kappa shape index (κ1) is 12.9. The minimum absolute atomic E-state index is 0.0103. The number of rotatable bonds is 2. The summed E-state index contributed by atoms with van der Waals surface area (Å²) in [5.74, 6) is -0.0880. The number of esters is 1. The van der Waals surface area contributed by atoms with Crippen LogP contribution in [-0.4, -0.2) is 25.2 Å². The number of hydrogen-bond acceptors (Lipinski definition) is 4. The summed E-state index contributed by atoms with van der Waals surface area (Å²) >= 11 is 12.1. The molecule has 0 radical (unpaired) electrons. The molecular weight excluding hydrogens is 277 g/mol. The second kappa shape index (κ2) is 5.00. The molecule has 2 aromatic rings. The highest BCUT2D eigenvalue weighted by Crippen LogP contribution is 2.35. The summed E-state index contributed by atoms with van der Waals surface area (Å²) in [7, 11) is 2.78. The Morgan fingerprint density at radius 3 is 2.61 bits per heavy atom. The molecule has 0 aliphatic rings. The Labute approximate surface area is 113 Å². The van der Waals surface area contributed by atoms with Crippen LogP contribution in [-0.2, 0) is 4.74 Å². The van der Waals surface area contributed by atoms with Gasteiger partial charge in [-0.2, -0.15) is 0 Å². The minimum atomic E-state index is -0.623. The molecule has 4 nitrogen and oxygen atoms in total. The number of fused-ring (bicyclic) bond motifs is 1. The van der Waals surface area contributed by atoms with Gasteiger partial charge in [0.05, 0.1) is 19.2 Å². The van der Waals surface area contributed by atoms with E-state index in [-0.39, 0.29) is 15.7 Å². The molecule has 94 valence electrons. The molecule has 0 fully saturated rings. The van der Waals surface area contributed by atoms with E-state index in [1.807, 2.05) is 0 Å². The van der Waals surface area contributed by atoms with E-state index in [1.165, 1.54) is 14.2 Å². The normalized spacial score (nSPS) is 10.4. The third-order valence-corrected chi connectivity index (χ3v) is 3.15. The van der Waals surface area contributed by atoms with E-state index < -0.39 is 5.97 Å². The van der Waals surface area contributed by atoms with Gasteiger partial charge in [-0.15, -0.1) is 0 Å². The lowest BCUT2D eigenvalue weighted by atomic mass is 10.1. The van der Waals surface area contributed by atoms with Crippen molar-refractivity contribution in [3.63, 3.8) is 0 Å². The Hall–Kier alpha value is -1.52. The maximum atomic E-state index is 11.6. The fourth-order valence-electron chi connectivity index (χ4n) is 1.63. The molecule has 6 heteroatoms. The molecule has 1 aromatic carbocycles. The number of aromatic nitrogens is 1. The standard InChI is InChI=1S/C12H9Cl2NO3/c1-17-7-5-3-4-6-9(13)8(12(16)18-2)11(14)15-10(6)7/h3-5H,1-2H3. The van der Waals surface area contributed by atoms with E-state index in [0.29, 0.717) is 16.7 Å². The zero-order valence-corrected chi connectivity index (χ0v) is 11.2. The van der Waals surface area contributed by atoms with Crippen molar-refractivity contribution in [2.45, 2.75) is 0 Å². The lowest BCUT2D eigenvalue weighted by Crippen LogP contribution is -2.05. The van der Waals surface area contributed by atoms with E-state index in [0.717, 1.165) is 0 Å². The average molecular weight is 286 g/mol. The van der Waals surface area contributed by atoms with Gasteiger partial charge in [0.25, 0.3) is 0 Å². The molecule has 0 N–H and O–H groups in total. The molecule has 0 saturated heterocycles. The molecule has 1 heterocycles. The summed E-state index contributed by atoms with van der Waals surface area (Å²) in [5, 5.41) is 0.778. The lowest BCUT2D eigenvalue weighted by Gasteiger charge is -2.10. The van der Waals surface area contributed by atoms with Crippen LogP contribution in [0, 0.1) is 0 Å². The predicted octanol–water partition coefficient (Wildman–Crippen LogP) is 3.34. The number of ether oxygens (including phenoxy) is 2. The van der Waals surface area contributed by atoms with Crippen LogP contribution >= 0.6 is 23.2 Å². The van der Waals surface area contributed by atoms with Crippen LogP contribution in [0.3, 0.4) is 0 Å². The van der Waals surface area contributed by atoms with Gasteiger partial charge >= 0.3 is 5.97 Å². The van der Waals surface area contributed by atoms with Crippen molar-refractivity contribution in [3.05, 3.63) is 33.9 Å². The van der Waals surface area contributed by atoms with E-state index in [2.05, 4.69) is 9.72 Å². The Morgan fingerprint density at radius 1 is 1.28 bits per heavy atom. The van der Waals surface area contributed by atoms with Gasteiger partial charge in [0.1, 0.15) is 22.0 Å². The zero-order chi connectivity index (χ0) is 13.3. The molecule has 0 aliphatic carbocycles. The van der Waals surface area contributed by atoms with Crippen LogP contribution in [0.2, 0.25) is 10.2 Å². The first-order valence-corrected chi connectivity index (χ1v) is 5.75. The molecular formula is C12H9Cl2NO3. The average Bonchev–Trinajstić information content (AvgIpc) is 2.37. The number of nitrogens with zero attached hydrogens (tertiary/aromatic N) is 1. The van der Waals surface area contributed by atoms with Crippen LogP contribution in [0.25, 0.3) is 10.9 Å². The number of halogens is 2. The van der Waals surface area contributed by atoms with Crippen molar-refractivity contribution in [2.24, 2.45) is 0 Å². The molecule has 0 aliphatic heterocycles. The van der Waals surface area contributed by atoms with Gasteiger partial charge in [-0.25, -0.2) is 9.78 Å². The minimum Gasteiger partial charge on any atom is -0.494 e. The molecule has 0 bridgehead atoms. The highest BCUT2D eigenvalue weighted by Gasteiger charge is 2.20. The van der Waals surface area contributed by atoms with Crippen LogP contribution in [0.5, 0.6) is 5.75 Å². The molecule has 0 amide bonds. The number of benzene rings is 1. The first-order chi connectivity index (χ1) is 8.60. The summed E-state index contributed by atoms with van der Waals surface area (Å²) in [5.41, 5.74) is 0.559. The molecule has 1 aromatic heterocycles. The topological polar surface area (TPSA) is 48.4 Å². The first-order valence-electron chi connectivity index (χ1n) is 5.00. The maximum Gasteiger partial charge on any atom is 0.342 e. The van der Waals surface area contributed by atoms with Gasteiger partial charge in [0.2, 0.25) is 0 Å². The third kappa shape index (κ3) is 1.98. The quantitative estimate of drug-likeness (QED) is 0.627. The Balaban J connectivity index is 2.83. The van der Waals surface area contributed by atoms with Crippen molar-refractivity contribution < 1.29 is 14.3 Å². The van der Waals surface area contributed by atoms with Crippen molar-refractivity contribution in [3.8, 4) is 5.75 Å². The fraction of sp³-hybridized carbons (Fsp3) is 0.167. The number of para-hydroxylation sites is 1. The summed E-state index contributed by atoms with van der Waals surface area (Å²) in [6.45, 7) is 0. The smallest absolute Gasteiger partial charge is 0.342 e. The fourth-order valence-corrected chi connectivity index (χ4v) is 2.26.